The summed E-state index contributed by atoms with van der Waals surface area (Å²) in [6, 6.07) is 5.39. The Balaban J connectivity index is 1.95. The van der Waals surface area contributed by atoms with E-state index in [1.54, 1.807) is 12.1 Å². The molecule has 0 bridgehead atoms. The standard InChI is InChI=1S/C16H19NO5/c1-3-4-11-5-6-12(13(9-11)21-2)22-10-14(18)17-16(7-8-16)15(19)20/h3,5-6,9H,1,4,7-8,10H2,2H3,(H,17,18)(H,19,20). The van der Waals surface area contributed by atoms with E-state index >= 15 is 0 Å². The molecule has 0 heterocycles. The number of carbonyl (C=O) groups excluding carboxylic acids is 1. The first-order valence-corrected chi connectivity index (χ1v) is 6.96. The predicted molar refractivity (Wildman–Crippen MR) is 80.1 cm³/mol. The molecular formula is C16H19NO5. The maximum atomic E-state index is 11.8. The summed E-state index contributed by atoms with van der Waals surface area (Å²) in [7, 11) is 1.52. The Bertz CT molecular complexity index is 592. The zero-order valence-electron chi connectivity index (χ0n) is 12.4. The van der Waals surface area contributed by atoms with Gasteiger partial charge in [0.05, 0.1) is 7.11 Å². The summed E-state index contributed by atoms with van der Waals surface area (Å²) in [4.78, 5) is 22.8. The monoisotopic (exact) mass is 305 g/mol. The molecule has 1 aliphatic carbocycles. The van der Waals surface area contributed by atoms with Gasteiger partial charge in [-0.15, -0.1) is 6.58 Å². The third kappa shape index (κ3) is 3.58. The second-order valence-corrected chi connectivity index (χ2v) is 5.20. The van der Waals surface area contributed by atoms with Crippen LogP contribution >= 0.6 is 0 Å². The summed E-state index contributed by atoms with van der Waals surface area (Å²) in [5.41, 5.74) is -0.0790. The van der Waals surface area contributed by atoms with Gasteiger partial charge in [0.1, 0.15) is 5.54 Å². The molecule has 6 heteroatoms. The molecule has 1 amide bonds. The minimum absolute atomic E-state index is 0.258. The molecule has 0 aliphatic heterocycles. The van der Waals surface area contributed by atoms with Gasteiger partial charge in [0.15, 0.2) is 18.1 Å². The first kappa shape index (κ1) is 15.9. The zero-order chi connectivity index (χ0) is 16.2. The molecule has 118 valence electrons. The number of carboxylic acids is 1. The lowest BCUT2D eigenvalue weighted by molar-refractivity contribution is -0.143. The van der Waals surface area contributed by atoms with Gasteiger partial charge in [0.2, 0.25) is 0 Å². The maximum absolute atomic E-state index is 11.8. The van der Waals surface area contributed by atoms with Crippen molar-refractivity contribution >= 4 is 11.9 Å². The topological polar surface area (TPSA) is 84.9 Å². The van der Waals surface area contributed by atoms with Crippen LogP contribution in [-0.2, 0) is 16.0 Å². The fourth-order valence-electron chi connectivity index (χ4n) is 2.09. The average molecular weight is 305 g/mol. The van der Waals surface area contributed by atoms with Crippen molar-refractivity contribution in [1.82, 2.24) is 5.32 Å². The van der Waals surface area contributed by atoms with Crippen molar-refractivity contribution < 1.29 is 24.2 Å². The largest absolute Gasteiger partial charge is 0.493 e. The lowest BCUT2D eigenvalue weighted by Gasteiger charge is -2.14. The first-order valence-electron chi connectivity index (χ1n) is 6.96. The van der Waals surface area contributed by atoms with Crippen LogP contribution in [0.25, 0.3) is 0 Å². The van der Waals surface area contributed by atoms with Crippen LogP contribution in [0.5, 0.6) is 11.5 Å². The number of amides is 1. The van der Waals surface area contributed by atoms with Gasteiger partial charge in [0, 0.05) is 0 Å². The second-order valence-electron chi connectivity index (χ2n) is 5.20. The van der Waals surface area contributed by atoms with Gasteiger partial charge >= 0.3 is 5.97 Å². The molecule has 1 aromatic rings. The Hall–Kier alpha value is -2.50. The van der Waals surface area contributed by atoms with Crippen LogP contribution < -0.4 is 14.8 Å². The molecular weight excluding hydrogens is 286 g/mol. The van der Waals surface area contributed by atoms with Crippen molar-refractivity contribution in [2.24, 2.45) is 0 Å². The third-order valence-corrected chi connectivity index (χ3v) is 3.50. The molecule has 2 N–H and O–H groups in total. The van der Waals surface area contributed by atoms with Crippen LogP contribution in [0.4, 0.5) is 0 Å². The van der Waals surface area contributed by atoms with Gasteiger partial charge in [-0.25, -0.2) is 4.79 Å². The van der Waals surface area contributed by atoms with Crippen molar-refractivity contribution in [1.29, 1.82) is 0 Å². The van der Waals surface area contributed by atoms with E-state index in [4.69, 9.17) is 14.6 Å². The summed E-state index contributed by atoms with van der Waals surface area (Å²) >= 11 is 0. The quantitative estimate of drug-likeness (QED) is 0.712. The Morgan fingerprint density at radius 1 is 1.41 bits per heavy atom. The first-order chi connectivity index (χ1) is 10.5. The van der Waals surface area contributed by atoms with Crippen LogP contribution in [0.3, 0.4) is 0 Å². The highest BCUT2D eigenvalue weighted by molar-refractivity contribution is 5.90. The summed E-state index contributed by atoms with van der Waals surface area (Å²) < 4.78 is 10.7. The highest BCUT2D eigenvalue weighted by Crippen LogP contribution is 2.35. The summed E-state index contributed by atoms with van der Waals surface area (Å²) in [5, 5.41) is 11.5. The predicted octanol–water partition coefficient (Wildman–Crippen LogP) is 1.54. The molecule has 1 fully saturated rings. The minimum Gasteiger partial charge on any atom is -0.493 e. The highest BCUT2D eigenvalue weighted by Gasteiger charge is 2.51. The number of nitrogens with one attached hydrogen (secondary N) is 1. The molecule has 0 radical (unpaired) electrons. The van der Waals surface area contributed by atoms with Crippen LogP contribution in [-0.4, -0.2) is 36.2 Å². The number of allylic oxidation sites excluding steroid dienone is 1. The molecule has 1 aliphatic rings. The summed E-state index contributed by atoms with van der Waals surface area (Å²) in [6.07, 6.45) is 3.39. The number of rotatable bonds is 8. The fourth-order valence-corrected chi connectivity index (χ4v) is 2.09. The highest BCUT2D eigenvalue weighted by atomic mass is 16.5. The van der Waals surface area contributed by atoms with Gasteiger partial charge in [-0.2, -0.15) is 0 Å². The number of benzene rings is 1. The van der Waals surface area contributed by atoms with Crippen molar-refractivity contribution in [3.63, 3.8) is 0 Å². The number of hydrogen-bond donors (Lipinski definition) is 2. The van der Waals surface area contributed by atoms with Gasteiger partial charge in [-0.05, 0) is 37.0 Å². The fraction of sp³-hybridized carbons (Fsp3) is 0.375. The van der Waals surface area contributed by atoms with Crippen molar-refractivity contribution in [2.75, 3.05) is 13.7 Å². The lowest BCUT2D eigenvalue weighted by Crippen LogP contribution is -2.45. The molecule has 0 spiro atoms. The van der Waals surface area contributed by atoms with E-state index in [0.29, 0.717) is 30.8 Å². The molecule has 0 atom stereocenters. The number of hydrogen-bond acceptors (Lipinski definition) is 4. The average Bonchev–Trinajstić information content (AvgIpc) is 3.27. The number of carboxylic acid groups (broad SMARTS) is 1. The van der Waals surface area contributed by atoms with E-state index in [9.17, 15) is 9.59 Å². The molecule has 1 aromatic carbocycles. The Kier molecular flexibility index (Phi) is 4.70. The van der Waals surface area contributed by atoms with E-state index < -0.39 is 17.4 Å². The van der Waals surface area contributed by atoms with Crippen molar-refractivity contribution in [3.8, 4) is 11.5 Å². The van der Waals surface area contributed by atoms with E-state index in [0.717, 1.165) is 5.56 Å². The van der Waals surface area contributed by atoms with Crippen molar-refractivity contribution in [2.45, 2.75) is 24.8 Å². The van der Waals surface area contributed by atoms with Gasteiger partial charge in [0.25, 0.3) is 5.91 Å². The molecule has 2 rings (SSSR count). The van der Waals surface area contributed by atoms with E-state index in [1.807, 2.05) is 12.1 Å². The molecule has 22 heavy (non-hydrogen) atoms. The number of aliphatic carboxylic acids is 1. The lowest BCUT2D eigenvalue weighted by atomic mass is 10.1. The van der Waals surface area contributed by atoms with E-state index in [1.165, 1.54) is 7.11 Å². The Labute approximate surface area is 128 Å². The minimum atomic E-state index is -1.10. The summed E-state index contributed by atoms with van der Waals surface area (Å²) in [6.45, 7) is 3.42. The van der Waals surface area contributed by atoms with Gasteiger partial charge < -0.3 is 19.9 Å². The maximum Gasteiger partial charge on any atom is 0.329 e. The molecule has 0 saturated heterocycles. The van der Waals surface area contributed by atoms with Crippen LogP contribution in [0, 0.1) is 0 Å². The summed E-state index contributed by atoms with van der Waals surface area (Å²) in [5.74, 6) is -0.513. The van der Waals surface area contributed by atoms with Crippen LogP contribution in [0.2, 0.25) is 0 Å². The third-order valence-electron chi connectivity index (χ3n) is 3.50. The normalized spacial score (nSPS) is 14.8. The van der Waals surface area contributed by atoms with Gasteiger partial charge in [-0.1, -0.05) is 12.1 Å². The van der Waals surface area contributed by atoms with Gasteiger partial charge in [-0.3, -0.25) is 4.79 Å². The number of methoxy groups -OCH3 is 1. The van der Waals surface area contributed by atoms with Crippen molar-refractivity contribution in [3.05, 3.63) is 36.4 Å². The van der Waals surface area contributed by atoms with E-state index in [-0.39, 0.29) is 6.61 Å². The number of ether oxygens (including phenoxy) is 2. The molecule has 0 aromatic heterocycles. The Morgan fingerprint density at radius 2 is 2.14 bits per heavy atom. The van der Waals surface area contributed by atoms with E-state index in [2.05, 4.69) is 11.9 Å². The smallest absolute Gasteiger partial charge is 0.329 e. The Morgan fingerprint density at radius 3 is 2.68 bits per heavy atom. The molecule has 0 unspecified atom stereocenters. The number of carbonyl (C=O) groups is 2. The zero-order valence-corrected chi connectivity index (χ0v) is 12.4. The SMILES string of the molecule is C=CCc1ccc(OCC(=O)NC2(C(=O)O)CC2)c(OC)c1. The second kappa shape index (κ2) is 6.51. The van der Waals surface area contributed by atoms with Crippen LogP contribution in [0.1, 0.15) is 18.4 Å². The molecule has 6 nitrogen and oxygen atoms in total. The molecule has 1 saturated carbocycles. The van der Waals surface area contributed by atoms with Crippen LogP contribution in [0.15, 0.2) is 30.9 Å².